The Hall–Kier alpha value is -1.85. The standard InChI is InChI=1S/C15H15BrN4O2S/c16-12-4-5-13(22-7-3-1-2-6-17)11(8-12)9-18-20-15-19-14(21)10-23-15/h4-5,8-9H,1-3,7,10H2,(H,19,20,21). The van der Waals surface area contributed by atoms with Gasteiger partial charge in [0.25, 0.3) is 0 Å². The molecule has 8 heteroatoms. The van der Waals surface area contributed by atoms with Crippen LogP contribution in [-0.2, 0) is 4.79 Å². The van der Waals surface area contributed by atoms with Gasteiger partial charge in [0.1, 0.15) is 5.75 Å². The second kappa shape index (κ2) is 9.33. The van der Waals surface area contributed by atoms with Crippen molar-refractivity contribution in [2.75, 3.05) is 12.4 Å². The number of benzene rings is 1. The molecule has 1 aromatic rings. The van der Waals surface area contributed by atoms with E-state index in [9.17, 15) is 4.79 Å². The summed E-state index contributed by atoms with van der Waals surface area (Å²) in [6.07, 6.45) is 3.78. The summed E-state index contributed by atoms with van der Waals surface area (Å²) in [7, 11) is 0. The Balaban J connectivity index is 1.98. The summed E-state index contributed by atoms with van der Waals surface area (Å²) >= 11 is 4.74. The topological polar surface area (TPSA) is 86.8 Å². The van der Waals surface area contributed by atoms with Gasteiger partial charge in [-0.1, -0.05) is 27.7 Å². The molecule has 23 heavy (non-hydrogen) atoms. The van der Waals surface area contributed by atoms with Gasteiger partial charge in [-0.05, 0) is 31.0 Å². The van der Waals surface area contributed by atoms with E-state index in [2.05, 4.69) is 37.5 Å². The Morgan fingerprint density at radius 3 is 3.09 bits per heavy atom. The lowest BCUT2D eigenvalue weighted by Gasteiger charge is -2.08. The number of rotatable bonds is 7. The molecule has 1 amide bonds. The molecule has 1 heterocycles. The highest BCUT2D eigenvalue weighted by Gasteiger charge is 2.15. The van der Waals surface area contributed by atoms with Gasteiger partial charge in [0.05, 0.1) is 24.6 Å². The van der Waals surface area contributed by atoms with Crippen LogP contribution in [0, 0.1) is 11.3 Å². The number of unbranched alkanes of at least 4 members (excludes halogenated alkanes) is 2. The van der Waals surface area contributed by atoms with E-state index in [4.69, 9.17) is 10.00 Å². The molecule has 2 rings (SSSR count). The SMILES string of the molecule is N#CCCCCOc1ccc(Br)cc1C=NN=C1NC(=O)CS1. The molecule has 1 N–H and O–H groups in total. The molecule has 0 atom stereocenters. The molecule has 120 valence electrons. The second-order valence-electron chi connectivity index (χ2n) is 4.63. The van der Waals surface area contributed by atoms with Gasteiger partial charge in [0, 0.05) is 16.5 Å². The number of thioether (sulfide) groups is 1. The number of hydrogen-bond acceptors (Lipinski definition) is 6. The Morgan fingerprint density at radius 1 is 1.48 bits per heavy atom. The maximum Gasteiger partial charge on any atom is 0.236 e. The lowest BCUT2D eigenvalue weighted by atomic mass is 10.2. The van der Waals surface area contributed by atoms with Crippen molar-refractivity contribution in [1.82, 2.24) is 5.32 Å². The number of nitrogens with zero attached hydrogens (tertiary/aromatic N) is 3. The van der Waals surface area contributed by atoms with Gasteiger partial charge in [0.15, 0.2) is 5.17 Å². The predicted molar refractivity (Wildman–Crippen MR) is 94.7 cm³/mol. The maximum atomic E-state index is 11.1. The van der Waals surface area contributed by atoms with Crippen LogP contribution in [0.5, 0.6) is 5.75 Å². The predicted octanol–water partition coefficient (Wildman–Crippen LogP) is 3.07. The van der Waals surface area contributed by atoms with E-state index in [-0.39, 0.29) is 5.91 Å². The number of carbonyl (C=O) groups excluding carboxylic acids is 1. The third kappa shape index (κ3) is 6.04. The summed E-state index contributed by atoms with van der Waals surface area (Å²) < 4.78 is 6.64. The van der Waals surface area contributed by atoms with Crippen LogP contribution >= 0.6 is 27.7 Å². The number of amides is 1. The van der Waals surface area contributed by atoms with Crippen molar-refractivity contribution in [3.63, 3.8) is 0 Å². The number of nitrogens with one attached hydrogen (secondary N) is 1. The fraction of sp³-hybridized carbons (Fsp3) is 0.333. The number of nitriles is 1. The minimum absolute atomic E-state index is 0.0622. The van der Waals surface area contributed by atoms with Crippen LogP contribution in [0.1, 0.15) is 24.8 Å². The van der Waals surface area contributed by atoms with E-state index in [1.54, 1.807) is 6.21 Å². The van der Waals surface area contributed by atoms with E-state index in [0.29, 0.717) is 29.7 Å². The van der Waals surface area contributed by atoms with E-state index >= 15 is 0 Å². The third-order valence-electron chi connectivity index (χ3n) is 2.84. The number of ether oxygens (including phenoxy) is 1. The molecule has 1 aliphatic heterocycles. The normalized spacial score (nSPS) is 15.8. The summed E-state index contributed by atoms with van der Waals surface area (Å²) in [5.41, 5.74) is 0.790. The van der Waals surface area contributed by atoms with Gasteiger partial charge in [-0.2, -0.15) is 10.4 Å². The molecule has 0 radical (unpaired) electrons. The minimum atomic E-state index is -0.0622. The molecular formula is C15H15BrN4O2S. The van der Waals surface area contributed by atoms with Gasteiger partial charge in [-0.3, -0.25) is 4.79 Å². The van der Waals surface area contributed by atoms with Crippen LogP contribution in [0.4, 0.5) is 0 Å². The first-order valence-electron chi connectivity index (χ1n) is 7.02. The maximum absolute atomic E-state index is 11.1. The molecule has 1 aliphatic rings. The largest absolute Gasteiger partial charge is 0.493 e. The summed E-state index contributed by atoms with van der Waals surface area (Å²) in [4.78, 5) is 11.1. The fourth-order valence-electron chi connectivity index (χ4n) is 1.76. The smallest absolute Gasteiger partial charge is 0.236 e. The van der Waals surface area contributed by atoms with Crippen molar-refractivity contribution in [3.05, 3.63) is 28.2 Å². The first kappa shape index (κ1) is 17.5. The summed E-state index contributed by atoms with van der Waals surface area (Å²) in [6, 6.07) is 7.74. The number of hydrogen-bond donors (Lipinski definition) is 1. The van der Waals surface area contributed by atoms with Crippen LogP contribution in [0.3, 0.4) is 0 Å². The number of amidine groups is 1. The Kier molecular flexibility index (Phi) is 7.10. The van der Waals surface area contributed by atoms with E-state index in [0.717, 1.165) is 22.9 Å². The average molecular weight is 395 g/mol. The quantitative estimate of drug-likeness (QED) is 0.437. The van der Waals surface area contributed by atoms with Crippen LogP contribution in [-0.4, -0.2) is 29.6 Å². The summed E-state index contributed by atoms with van der Waals surface area (Å²) in [6.45, 7) is 0.546. The van der Waals surface area contributed by atoms with E-state index in [1.165, 1.54) is 11.8 Å². The van der Waals surface area contributed by atoms with E-state index in [1.807, 2.05) is 18.2 Å². The van der Waals surface area contributed by atoms with Gasteiger partial charge < -0.3 is 10.1 Å². The monoisotopic (exact) mass is 394 g/mol. The van der Waals surface area contributed by atoms with Crippen molar-refractivity contribution in [3.8, 4) is 11.8 Å². The summed E-state index contributed by atoms with van der Waals surface area (Å²) in [5.74, 6) is 1.02. The zero-order valence-corrected chi connectivity index (χ0v) is 14.7. The third-order valence-corrected chi connectivity index (χ3v) is 4.20. The zero-order valence-electron chi connectivity index (χ0n) is 12.3. The highest BCUT2D eigenvalue weighted by molar-refractivity contribution is 9.10. The molecule has 1 saturated heterocycles. The highest BCUT2D eigenvalue weighted by atomic mass is 79.9. The molecular weight excluding hydrogens is 380 g/mol. The Morgan fingerprint density at radius 2 is 2.35 bits per heavy atom. The fourth-order valence-corrected chi connectivity index (χ4v) is 2.77. The zero-order chi connectivity index (χ0) is 16.5. The van der Waals surface area contributed by atoms with Crippen LogP contribution in [0.2, 0.25) is 0 Å². The average Bonchev–Trinajstić information content (AvgIpc) is 2.94. The van der Waals surface area contributed by atoms with Gasteiger partial charge in [-0.15, -0.1) is 5.10 Å². The lowest BCUT2D eigenvalue weighted by molar-refractivity contribution is -0.116. The lowest BCUT2D eigenvalue weighted by Crippen LogP contribution is -2.19. The molecule has 1 fully saturated rings. The molecule has 0 aromatic heterocycles. The van der Waals surface area contributed by atoms with Gasteiger partial charge >= 0.3 is 0 Å². The molecule has 1 aromatic carbocycles. The highest BCUT2D eigenvalue weighted by Crippen LogP contribution is 2.22. The minimum Gasteiger partial charge on any atom is -0.493 e. The van der Waals surface area contributed by atoms with Gasteiger partial charge in [0.2, 0.25) is 5.91 Å². The molecule has 0 spiro atoms. The number of carbonyl (C=O) groups is 1. The van der Waals surface area contributed by atoms with Crippen LogP contribution in [0.25, 0.3) is 0 Å². The van der Waals surface area contributed by atoms with Crippen LogP contribution in [0.15, 0.2) is 32.9 Å². The van der Waals surface area contributed by atoms with Crippen LogP contribution < -0.4 is 10.1 Å². The summed E-state index contributed by atoms with van der Waals surface area (Å²) in [5, 5.41) is 19.6. The molecule has 0 aliphatic carbocycles. The van der Waals surface area contributed by atoms with Gasteiger partial charge in [-0.25, -0.2) is 0 Å². The Bertz CT molecular complexity index is 670. The molecule has 0 unspecified atom stereocenters. The van der Waals surface area contributed by atoms with Crippen molar-refractivity contribution < 1.29 is 9.53 Å². The molecule has 6 nitrogen and oxygen atoms in total. The molecule has 0 bridgehead atoms. The second-order valence-corrected chi connectivity index (χ2v) is 6.51. The first-order valence-corrected chi connectivity index (χ1v) is 8.80. The van der Waals surface area contributed by atoms with Crippen molar-refractivity contribution in [2.24, 2.45) is 10.2 Å². The molecule has 0 saturated carbocycles. The van der Waals surface area contributed by atoms with E-state index < -0.39 is 0 Å². The Labute approximate surface area is 147 Å². The van der Waals surface area contributed by atoms with Crippen molar-refractivity contribution >= 4 is 45.0 Å². The van der Waals surface area contributed by atoms with Crippen molar-refractivity contribution in [1.29, 1.82) is 5.26 Å². The first-order chi connectivity index (χ1) is 11.2. The number of halogens is 1. The van der Waals surface area contributed by atoms with Crippen molar-refractivity contribution in [2.45, 2.75) is 19.3 Å².